The molecule has 0 fully saturated rings. The van der Waals surface area contributed by atoms with Crippen molar-refractivity contribution in [1.29, 1.82) is 0 Å². The van der Waals surface area contributed by atoms with Gasteiger partial charge in [0.25, 0.3) is 0 Å². The Morgan fingerprint density at radius 1 is 1.08 bits per heavy atom. The Labute approximate surface area is 146 Å². The second-order valence-corrected chi connectivity index (χ2v) is 5.73. The van der Waals surface area contributed by atoms with E-state index in [1.807, 2.05) is 55.5 Å². The van der Waals surface area contributed by atoms with Crippen LogP contribution in [0.4, 0.5) is 23.0 Å². The summed E-state index contributed by atoms with van der Waals surface area (Å²) >= 11 is 0. The highest BCUT2D eigenvalue weighted by Gasteiger charge is 2.08. The molecule has 126 valence electrons. The molecule has 2 aromatic carbocycles. The molecular weight excluding hydrogens is 314 g/mol. The van der Waals surface area contributed by atoms with Crippen LogP contribution in [-0.2, 0) is 4.79 Å². The fraction of sp³-hybridized carbons (Fsp3) is 0.105. The molecule has 6 nitrogen and oxygen atoms in total. The zero-order valence-corrected chi connectivity index (χ0v) is 14.1. The number of hydrogen-bond donors (Lipinski definition) is 3. The number of amides is 1. The van der Waals surface area contributed by atoms with E-state index in [4.69, 9.17) is 5.73 Å². The molecule has 0 bridgehead atoms. The van der Waals surface area contributed by atoms with Crippen LogP contribution in [0.3, 0.4) is 0 Å². The van der Waals surface area contributed by atoms with Crippen LogP contribution in [0, 0.1) is 6.92 Å². The summed E-state index contributed by atoms with van der Waals surface area (Å²) in [4.78, 5) is 20.0. The SMILES string of the molecule is CC(=O)Nc1ccc(-c2nc(Nc3cccc(N)c3)ncc2C)cc1. The van der Waals surface area contributed by atoms with Gasteiger partial charge in [-0.3, -0.25) is 4.79 Å². The van der Waals surface area contributed by atoms with Crippen LogP contribution in [0.2, 0.25) is 0 Å². The molecule has 25 heavy (non-hydrogen) atoms. The van der Waals surface area contributed by atoms with Crippen LogP contribution in [0.15, 0.2) is 54.7 Å². The summed E-state index contributed by atoms with van der Waals surface area (Å²) in [5.74, 6) is 0.400. The maximum Gasteiger partial charge on any atom is 0.227 e. The summed E-state index contributed by atoms with van der Waals surface area (Å²) in [5, 5.41) is 5.91. The van der Waals surface area contributed by atoms with Crippen molar-refractivity contribution in [1.82, 2.24) is 9.97 Å². The van der Waals surface area contributed by atoms with Crippen LogP contribution in [-0.4, -0.2) is 15.9 Å². The lowest BCUT2D eigenvalue weighted by Crippen LogP contribution is -2.05. The molecule has 1 amide bonds. The Bertz CT molecular complexity index is 906. The van der Waals surface area contributed by atoms with Crippen molar-refractivity contribution in [3.63, 3.8) is 0 Å². The Hall–Kier alpha value is -3.41. The largest absolute Gasteiger partial charge is 0.399 e. The fourth-order valence-corrected chi connectivity index (χ4v) is 2.45. The number of rotatable bonds is 4. The smallest absolute Gasteiger partial charge is 0.227 e. The Morgan fingerprint density at radius 2 is 1.84 bits per heavy atom. The first kappa shape index (κ1) is 16.4. The van der Waals surface area contributed by atoms with E-state index in [9.17, 15) is 4.79 Å². The van der Waals surface area contributed by atoms with Gasteiger partial charge in [-0.2, -0.15) is 0 Å². The molecule has 0 spiro atoms. The summed E-state index contributed by atoms with van der Waals surface area (Å²) in [6.07, 6.45) is 1.78. The highest BCUT2D eigenvalue weighted by molar-refractivity contribution is 5.89. The minimum Gasteiger partial charge on any atom is -0.399 e. The van der Waals surface area contributed by atoms with Gasteiger partial charge in [0.15, 0.2) is 0 Å². The van der Waals surface area contributed by atoms with Crippen molar-refractivity contribution in [2.24, 2.45) is 0 Å². The zero-order valence-electron chi connectivity index (χ0n) is 14.1. The van der Waals surface area contributed by atoms with Gasteiger partial charge in [-0.25, -0.2) is 9.97 Å². The number of nitrogens with two attached hydrogens (primary N) is 1. The van der Waals surface area contributed by atoms with E-state index < -0.39 is 0 Å². The van der Waals surface area contributed by atoms with Crippen molar-refractivity contribution in [3.05, 3.63) is 60.3 Å². The van der Waals surface area contributed by atoms with Gasteiger partial charge in [0.05, 0.1) is 5.69 Å². The van der Waals surface area contributed by atoms with Crippen LogP contribution >= 0.6 is 0 Å². The number of nitrogen functional groups attached to an aromatic ring is 1. The van der Waals surface area contributed by atoms with Gasteiger partial charge < -0.3 is 16.4 Å². The third-order valence-corrected chi connectivity index (χ3v) is 3.59. The predicted octanol–water partition coefficient (Wildman–Crippen LogP) is 3.74. The van der Waals surface area contributed by atoms with Crippen molar-refractivity contribution in [2.45, 2.75) is 13.8 Å². The van der Waals surface area contributed by atoms with Crippen LogP contribution in [0.1, 0.15) is 12.5 Å². The number of aromatic nitrogens is 2. The Kier molecular flexibility index (Phi) is 4.61. The van der Waals surface area contributed by atoms with Gasteiger partial charge >= 0.3 is 0 Å². The van der Waals surface area contributed by atoms with E-state index >= 15 is 0 Å². The van der Waals surface area contributed by atoms with E-state index in [-0.39, 0.29) is 5.91 Å². The average Bonchev–Trinajstić information content (AvgIpc) is 2.57. The zero-order chi connectivity index (χ0) is 17.8. The molecule has 0 saturated heterocycles. The number of anilines is 4. The molecule has 0 radical (unpaired) electrons. The topological polar surface area (TPSA) is 92.9 Å². The molecule has 1 aromatic heterocycles. The second-order valence-electron chi connectivity index (χ2n) is 5.73. The number of nitrogens with zero attached hydrogens (tertiary/aromatic N) is 2. The van der Waals surface area contributed by atoms with E-state index in [1.165, 1.54) is 6.92 Å². The molecule has 0 aliphatic heterocycles. The van der Waals surface area contributed by atoms with Crippen LogP contribution in [0.25, 0.3) is 11.3 Å². The van der Waals surface area contributed by atoms with E-state index in [1.54, 1.807) is 6.20 Å². The number of nitrogens with one attached hydrogen (secondary N) is 2. The molecule has 0 aliphatic rings. The molecule has 1 heterocycles. The quantitative estimate of drug-likeness (QED) is 0.633. The first-order chi connectivity index (χ1) is 12.0. The number of benzene rings is 2. The van der Waals surface area contributed by atoms with Gasteiger partial charge in [0.2, 0.25) is 11.9 Å². The van der Waals surface area contributed by atoms with Gasteiger partial charge in [-0.1, -0.05) is 18.2 Å². The molecule has 0 aliphatic carbocycles. The van der Waals surface area contributed by atoms with Crippen LogP contribution in [0.5, 0.6) is 0 Å². The highest BCUT2D eigenvalue weighted by atomic mass is 16.1. The van der Waals surface area contributed by atoms with Gasteiger partial charge in [-0.15, -0.1) is 0 Å². The first-order valence-corrected chi connectivity index (χ1v) is 7.85. The molecule has 0 unspecified atom stereocenters. The molecule has 0 atom stereocenters. The monoisotopic (exact) mass is 333 g/mol. The summed E-state index contributed by atoms with van der Waals surface area (Å²) in [7, 11) is 0. The Balaban J connectivity index is 1.87. The lowest BCUT2D eigenvalue weighted by Gasteiger charge is -2.10. The average molecular weight is 333 g/mol. The lowest BCUT2D eigenvalue weighted by molar-refractivity contribution is -0.114. The van der Waals surface area contributed by atoms with Crippen LogP contribution < -0.4 is 16.4 Å². The predicted molar refractivity (Wildman–Crippen MR) is 101 cm³/mol. The minimum atomic E-state index is -0.0976. The van der Waals surface area contributed by atoms with Gasteiger partial charge in [0.1, 0.15) is 0 Å². The number of carbonyl (C=O) groups excluding carboxylic acids is 1. The third kappa shape index (κ3) is 4.11. The van der Waals surface area contributed by atoms with E-state index in [0.717, 1.165) is 28.2 Å². The molecule has 3 aromatic rings. The number of carbonyl (C=O) groups is 1. The Morgan fingerprint density at radius 3 is 2.52 bits per heavy atom. The fourth-order valence-electron chi connectivity index (χ4n) is 2.45. The lowest BCUT2D eigenvalue weighted by atomic mass is 10.1. The van der Waals surface area contributed by atoms with Gasteiger partial charge in [0, 0.05) is 35.7 Å². The van der Waals surface area contributed by atoms with E-state index in [2.05, 4.69) is 20.6 Å². The third-order valence-electron chi connectivity index (χ3n) is 3.59. The van der Waals surface area contributed by atoms with Crippen molar-refractivity contribution in [3.8, 4) is 11.3 Å². The molecule has 3 rings (SSSR count). The van der Waals surface area contributed by atoms with Crippen molar-refractivity contribution >= 4 is 28.9 Å². The van der Waals surface area contributed by atoms with Gasteiger partial charge in [-0.05, 0) is 42.8 Å². The minimum absolute atomic E-state index is 0.0976. The maximum atomic E-state index is 11.1. The highest BCUT2D eigenvalue weighted by Crippen LogP contribution is 2.25. The summed E-state index contributed by atoms with van der Waals surface area (Å²) in [6, 6.07) is 15.0. The first-order valence-electron chi connectivity index (χ1n) is 7.85. The molecular formula is C19H19N5O. The van der Waals surface area contributed by atoms with Crippen molar-refractivity contribution < 1.29 is 4.79 Å². The number of aryl methyl sites for hydroxylation is 1. The summed E-state index contributed by atoms with van der Waals surface area (Å²) in [5.41, 5.74) is 10.8. The summed E-state index contributed by atoms with van der Waals surface area (Å²) < 4.78 is 0. The molecule has 0 saturated carbocycles. The summed E-state index contributed by atoms with van der Waals surface area (Å²) in [6.45, 7) is 3.44. The molecule has 4 N–H and O–H groups in total. The maximum absolute atomic E-state index is 11.1. The standard InChI is InChI=1S/C19H19N5O/c1-12-11-21-19(23-17-5-3-4-15(20)10-17)24-18(12)14-6-8-16(9-7-14)22-13(2)25/h3-11H,20H2,1-2H3,(H,22,25)(H,21,23,24). The normalized spacial score (nSPS) is 10.3. The van der Waals surface area contributed by atoms with E-state index in [0.29, 0.717) is 11.6 Å². The second kappa shape index (κ2) is 7.00. The molecule has 6 heteroatoms. The number of hydrogen-bond acceptors (Lipinski definition) is 5. The van der Waals surface area contributed by atoms with Crippen molar-refractivity contribution in [2.75, 3.05) is 16.4 Å².